The van der Waals surface area contributed by atoms with Crippen LogP contribution in [-0.4, -0.2) is 48.3 Å². The molecule has 0 spiro atoms. The highest BCUT2D eigenvalue weighted by molar-refractivity contribution is 7.71. The van der Waals surface area contributed by atoms with Crippen molar-refractivity contribution in [1.29, 1.82) is 0 Å². The molecule has 0 aliphatic rings. The summed E-state index contributed by atoms with van der Waals surface area (Å²) in [6, 6.07) is 0. The average molecular weight is 229 g/mol. The molecule has 1 rings (SSSR count). The Balaban J connectivity index is 2.36. The number of aryl methyl sites for hydroxylation is 1. The van der Waals surface area contributed by atoms with Gasteiger partial charge in [0.05, 0.1) is 6.61 Å². The van der Waals surface area contributed by atoms with Gasteiger partial charge in [0.2, 0.25) is 0 Å². The molecule has 5 heteroatoms. The van der Waals surface area contributed by atoms with Gasteiger partial charge in [0.25, 0.3) is 0 Å². The van der Waals surface area contributed by atoms with Crippen molar-refractivity contribution in [2.24, 2.45) is 0 Å². The van der Waals surface area contributed by atoms with Crippen molar-refractivity contribution in [3.05, 3.63) is 16.7 Å². The molecule has 0 saturated carbocycles. The molecular formula is C10H19N3OS. The molecule has 1 aromatic rings. The van der Waals surface area contributed by atoms with Gasteiger partial charge in [-0.3, -0.25) is 0 Å². The number of nitrogens with zero attached hydrogens (tertiary/aromatic N) is 2. The highest BCUT2D eigenvalue weighted by atomic mass is 32.1. The Morgan fingerprint density at radius 3 is 2.80 bits per heavy atom. The van der Waals surface area contributed by atoms with E-state index in [4.69, 9.17) is 17.0 Å². The number of aromatic amines is 1. The number of aromatic nitrogens is 2. The number of ether oxygens (including phenoxy) is 1. The third-order valence-electron chi connectivity index (χ3n) is 2.31. The van der Waals surface area contributed by atoms with Gasteiger partial charge in [-0.25, -0.2) is 0 Å². The van der Waals surface area contributed by atoms with Crippen LogP contribution >= 0.6 is 12.2 Å². The average Bonchev–Trinajstić information content (AvgIpc) is 2.51. The van der Waals surface area contributed by atoms with Gasteiger partial charge in [-0.05, 0) is 26.2 Å². The largest absolute Gasteiger partial charge is 0.383 e. The molecule has 0 bridgehead atoms. The van der Waals surface area contributed by atoms with Crippen LogP contribution in [0.1, 0.15) is 5.69 Å². The lowest BCUT2D eigenvalue weighted by atomic mass is 10.5. The second-order valence-corrected chi connectivity index (χ2v) is 4.12. The summed E-state index contributed by atoms with van der Waals surface area (Å²) in [4.78, 5) is 5.34. The van der Waals surface area contributed by atoms with Crippen LogP contribution in [0.25, 0.3) is 0 Å². The summed E-state index contributed by atoms with van der Waals surface area (Å²) in [7, 11) is 3.81. The maximum Gasteiger partial charge on any atom is 0.177 e. The van der Waals surface area contributed by atoms with Gasteiger partial charge < -0.3 is 19.2 Å². The van der Waals surface area contributed by atoms with E-state index >= 15 is 0 Å². The normalized spacial score (nSPS) is 11.2. The summed E-state index contributed by atoms with van der Waals surface area (Å²) in [5.74, 6) is 0. The fraction of sp³-hybridized carbons (Fsp3) is 0.700. The predicted molar refractivity (Wildman–Crippen MR) is 63.7 cm³/mol. The summed E-state index contributed by atoms with van der Waals surface area (Å²) in [5, 5.41) is 0. The van der Waals surface area contributed by atoms with Gasteiger partial charge in [0, 0.05) is 38.6 Å². The third-order valence-corrected chi connectivity index (χ3v) is 2.65. The standard InChI is InChI=1S/C10H19N3OS/c1-9-8-13(10(15)11-9)5-4-12(2)6-7-14-3/h8H,4-7H2,1-3H3,(H,11,15). The molecule has 0 saturated heterocycles. The lowest BCUT2D eigenvalue weighted by molar-refractivity contribution is 0.159. The summed E-state index contributed by atoms with van der Waals surface area (Å²) < 4.78 is 7.88. The van der Waals surface area contributed by atoms with E-state index < -0.39 is 0 Å². The number of methoxy groups -OCH3 is 1. The van der Waals surface area contributed by atoms with Crippen LogP contribution in [0.4, 0.5) is 0 Å². The molecule has 1 heterocycles. The topological polar surface area (TPSA) is 33.2 Å². The van der Waals surface area contributed by atoms with Crippen LogP contribution in [-0.2, 0) is 11.3 Å². The number of hydrogen-bond acceptors (Lipinski definition) is 3. The van der Waals surface area contributed by atoms with E-state index in [1.165, 1.54) is 0 Å². The molecule has 0 atom stereocenters. The second-order valence-electron chi connectivity index (χ2n) is 3.73. The van der Waals surface area contributed by atoms with Crippen molar-refractivity contribution in [2.75, 3.05) is 33.9 Å². The molecule has 0 amide bonds. The molecule has 4 nitrogen and oxygen atoms in total. The van der Waals surface area contributed by atoms with Gasteiger partial charge in [-0.1, -0.05) is 0 Å². The summed E-state index contributed by atoms with van der Waals surface area (Å²) in [6.45, 7) is 5.64. The Kier molecular flexibility index (Phi) is 5.01. The molecule has 15 heavy (non-hydrogen) atoms. The minimum Gasteiger partial charge on any atom is -0.383 e. The summed E-state index contributed by atoms with van der Waals surface area (Å²) >= 11 is 5.18. The molecule has 0 aliphatic carbocycles. The van der Waals surface area contributed by atoms with E-state index in [1.807, 2.05) is 13.1 Å². The molecule has 1 aromatic heterocycles. The van der Waals surface area contributed by atoms with Gasteiger partial charge in [-0.15, -0.1) is 0 Å². The fourth-order valence-electron chi connectivity index (χ4n) is 1.37. The van der Waals surface area contributed by atoms with Crippen LogP contribution < -0.4 is 0 Å². The van der Waals surface area contributed by atoms with E-state index in [1.54, 1.807) is 7.11 Å². The van der Waals surface area contributed by atoms with E-state index in [2.05, 4.69) is 21.5 Å². The Bertz CT molecular complexity index is 345. The van der Waals surface area contributed by atoms with Gasteiger partial charge in [0.15, 0.2) is 4.77 Å². The molecule has 0 aromatic carbocycles. The molecule has 0 unspecified atom stereocenters. The first kappa shape index (κ1) is 12.4. The monoisotopic (exact) mass is 229 g/mol. The SMILES string of the molecule is COCCN(C)CCn1cc(C)[nH]c1=S. The molecule has 0 radical (unpaired) electrons. The maximum absolute atomic E-state index is 5.18. The first-order chi connectivity index (χ1) is 7.13. The minimum atomic E-state index is 0.772. The van der Waals surface area contributed by atoms with Gasteiger partial charge in [0.1, 0.15) is 0 Å². The first-order valence-corrected chi connectivity index (χ1v) is 5.48. The number of hydrogen-bond donors (Lipinski definition) is 1. The van der Waals surface area contributed by atoms with E-state index in [9.17, 15) is 0 Å². The molecule has 86 valence electrons. The lowest BCUT2D eigenvalue weighted by Crippen LogP contribution is -2.26. The van der Waals surface area contributed by atoms with Crippen molar-refractivity contribution in [1.82, 2.24) is 14.5 Å². The van der Waals surface area contributed by atoms with Crippen LogP contribution in [0.2, 0.25) is 0 Å². The fourth-order valence-corrected chi connectivity index (χ4v) is 1.67. The second kappa shape index (κ2) is 6.05. The lowest BCUT2D eigenvalue weighted by Gasteiger charge is -2.15. The van der Waals surface area contributed by atoms with Crippen molar-refractivity contribution >= 4 is 12.2 Å². The van der Waals surface area contributed by atoms with E-state index in [0.29, 0.717) is 0 Å². The maximum atomic E-state index is 5.18. The zero-order chi connectivity index (χ0) is 11.3. The number of rotatable bonds is 6. The highest BCUT2D eigenvalue weighted by Crippen LogP contribution is 1.97. The zero-order valence-electron chi connectivity index (χ0n) is 9.62. The van der Waals surface area contributed by atoms with Crippen LogP contribution in [0.5, 0.6) is 0 Å². The first-order valence-electron chi connectivity index (χ1n) is 5.07. The predicted octanol–water partition coefficient (Wildman–Crippen LogP) is 1.43. The zero-order valence-corrected chi connectivity index (χ0v) is 10.4. The van der Waals surface area contributed by atoms with E-state index in [-0.39, 0.29) is 0 Å². The Hall–Kier alpha value is -0.650. The molecule has 0 fully saturated rings. The number of likely N-dealkylation sites (N-methyl/N-ethyl adjacent to an activating group) is 1. The Labute approximate surface area is 95.9 Å². The third kappa shape index (κ3) is 4.15. The smallest absolute Gasteiger partial charge is 0.177 e. The van der Waals surface area contributed by atoms with Crippen molar-refractivity contribution in [2.45, 2.75) is 13.5 Å². The molecular weight excluding hydrogens is 210 g/mol. The van der Waals surface area contributed by atoms with E-state index in [0.717, 1.165) is 36.7 Å². The van der Waals surface area contributed by atoms with Crippen molar-refractivity contribution in [3.63, 3.8) is 0 Å². The highest BCUT2D eigenvalue weighted by Gasteiger charge is 2.00. The minimum absolute atomic E-state index is 0.772. The number of imidazole rings is 1. The van der Waals surface area contributed by atoms with Crippen LogP contribution in [0.3, 0.4) is 0 Å². The van der Waals surface area contributed by atoms with Crippen molar-refractivity contribution in [3.8, 4) is 0 Å². The molecule has 0 aliphatic heterocycles. The summed E-state index contributed by atoms with van der Waals surface area (Å²) in [5.41, 5.74) is 1.11. The quantitative estimate of drug-likeness (QED) is 0.749. The van der Waals surface area contributed by atoms with Gasteiger partial charge >= 0.3 is 0 Å². The van der Waals surface area contributed by atoms with Crippen LogP contribution in [0, 0.1) is 11.7 Å². The Morgan fingerprint density at radius 1 is 1.53 bits per heavy atom. The van der Waals surface area contributed by atoms with Crippen LogP contribution in [0.15, 0.2) is 6.20 Å². The summed E-state index contributed by atoms with van der Waals surface area (Å²) in [6.07, 6.45) is 2.05. The molecule has 1 N–H and O–H groups in total. The Morgan fingerprint density at radius 2 is 2.27 bits per heavy atom. The van der Waals surface area contributed by atoms with Gasteiger partial charge in [-0.2, -0.15) is 0 Å². The van der Waals surface area contributed by atoms with Crippen molar-refractivity contribution < 1.29 is 4.74 Å². The number of H-pyrrole nitrogens is 1. The number of nitrogens with one attached hydrogen (secondary N) is 1.